The van der Waals surface area contributed by atoms with Crippen LogP contribution >= 0.6 is 11.6 Å². The van der Waals surface area contributed by atoms with E-state index >= 15 is 0 Å². The molecular formula is C50H61ClN4O6. The first kappa shape index (κ1) is 46.0. The molecule has 0 bridgehead atoms. The van der Waals surface area contributed by atoms with E-state index in [1.54, 1.807) is 0 Å². The maximum Gasteiger partial charge on any atom is 0.224 e. The summed E-state index contributed by atoms with van der Waals surface area (Å²) < 4.78 is 29.8. The molecule has 1 N–H and O–H groups in total. The molecule has 2 aromatic heterocycles. The van der Waals surface area contributed by atoms with Gasteiger partial charge >= 0.3 is 0 Å². The normalized spacial score (nSPS) is 18.0. The van der Waals surface area contributed by atoms with Gasteiger partial charge in [-0.15, -0.1) is 0 Å². The molecule has 4 aromatic carbocycles. The van der Waals surface area contributed by atoms with Crippen LogP contribution in [0.25, 0.3) is 21.8 Å². The molecule has 4 heterocycles. The molecule has 61 heavy (non-hydrogen) atoms. The van der Waals surface area contributed by atoms with E-state index in [1.807, 2.05) is 60.7 Å². The van der Waals surface area contributed by atoms with Crippen LogP contribution in [0.15, 0.2) is 110 Å². The zero-order chi connectivity index (χ0) is 43.2. The Hall–Kier alpha value is -4.55. The second kappa shape index (κ2) is 22.0. The molecule has 0 aliphatic carbocycles. The van der Waals surface area contributed by atoms with Gasteiger partial charge in [-0.1, -0.05) is 126 Å². The van der Waals surface area contributed by atoms with E-state index in [9.17, 15) is 5.11 Å². The van der Waals surface area contributed by atoms with E-state index in [2.05, 4.69) is 97.9 Å². The van der Waals surface area contributed by atoms with E-state index in [-0.39, 0.29) is 42.2 Å². The van der Waals surface area contributed by atoms with Crippen LogP contribution < -0.4 is 4.74 Å². The number of rotatable bonds is 10. The van der Waals surface area contributed by atoms with E-state index in [1.165, 1.54) is 23.8 Å². The largest absolute Gasteiger partial charge is 0.474 e. The maximum atomic E-state index is 9.56. The number of fused-ring (bicyclic) bond motifs is 2. The van der Waals surface area contributed by atoms with Crippen molar-refractivity contribution in [2.45, 2.75) is 116 Å². The molecule has 2 saturated heterocycles. The molecule has 2 fully saturated rings. The van der Waals surface area contributed by atoms with Gasteiger partial charge in [0.2, 0.25) is 5.88 Å². The first-order valence-electron chi connectivity index (χ1n) is 21.4. The van der Waals surface area contributed by atoms with Gasteiger partial charge < -0.3 is 28.8 Å². The molecule has 4 atom stereocenters. The molecule has 0 spiro atoms. The van der Waals surface area contributed by atoms with Gasteiger partial charge in [-0.2, -0.15) is 0 Å². The fraction of sp³-hybridized carbons (Fsp3) is 0.440. The lowest BCUT2D eigenvalue weighted by Crippen LogP contribution is -2.27. The summed E-state index contributed by atoms with van der Waals surface area (Å²) in [5, 5.41) is 11.9. The van der Waals surface area contributed by atoms with Gasteiger partial charge in [0.1, 0.15) is 36.6 Å². The van der Waals surface area contributed by atoms with Crippen LogP contribution in [0.4, 0.5) is 0 Å². The number of aliphatic hydroxyl groups is 1. The number of ether oxygens (including phenoxy) is 5. The zero-order valence-corrected chi connectivity index (χ0v) is 37.2. The van der Waals surface area contributed by atoms with Crippen molar-refractivity contribution in [1.29, 1.82) is 0 Å². The molecule has 10 nitrogen and oxygen atoms in total. The van der Waals surface area contributed by atoms with Gasteiger partial charge in [-0.25, -0.2) is 19.9 Å². The summed E-state index contributed by atoms with van der Waals surface area (Å²) in [7, 11) is 0. The third kappa shape index (κ3) is 13.5. The minimum absolute atomic E-state index is 0.0191. The highest BCUT2D eigenvalue weighted by Crippen LogP contribution is 2.31. The number of halogens is 1. The monoisotopic (exact) mass is 848 g/mol. The fourth-order valence-corrected chi connectivity index (χ4v) is 7.27. The van der Waals surface area contributed by atoms with Crippen LogP contribution in [0, 0.1) is 0 Å². The van der Waals surface area contributed by atoms with E-state index in [0.29, 0.717) is 17.6 Å². The molecule has 0 amide bonds. The van der Waals surface area contributed by atoms with Crippen LogP contribution in [0.1, 0.15) is 115 Å². The summed E-state index contributed by atoms with van der Waals surface area (Å²) in [6, 6.07) is 32.4. The summed E-state index contributed by atoms with van der Waals surface area (Å²) in [6.07, 6.45) is 8.36. The first-order chi connectivity index (χ1) is 29.4. The van der Waals surface area contributed by atoms with Crippen molar-refractivity contribution in [3.63, 3.8) is 0 Å². The minimum Gasteiger partial charge on any atom is -0.474 e. The van der Waals surface area contributed by atoms with Crippen LogP contribution in [-0.2, 0) is 29.8 Å². The van der Waals surface area contributed by atoms with Crippen LogP contribution in [0.3, 0.4) is 0 Å². The molecule has 11 heteroatoms. The Morgan fingerprint density at radius 1 is 0.607 bits per heavy atom. The number of nitrogens with zero attached hydrogens (tertiary/aromatic N) is 4. The number of hydrogen-bond donors (Lipinski definition) is 1. The number of aliphatic hydroxyl groups excluding tert-OH is 1. The summed E-state index contributed by atoms with van der Waals surface area (Å²) >= 11 is 5.81. The number of benzene rings is 4. The Balaban J connectivity index is 0.000000171. The summed E-state index contributed by atoms with van der Waals surface area (Å²) in [4.78, 5) is 16.6. The van der Waals surface area contributed by atoms with Crippen LogP contribution in [0.5, 0.6) is 5.88 Å². The van der Waals surface area contributed by atoms with Crippen molar-refractivity contribution in [2.75, 3.05) is 26.4 Å². The van der Waals surface area contributed by atoms with Crippen molar-refractivity contribution in [3.8, 4) is 5.88 Å². The predicted octanol–water partition coefficient (Wildman–Crippen LogP) is 11.4. The molecular weight excluding hydrogens is 788 g/mol. The average molecular weight is 850 g/mol. The first-order valence-corrected chi connectivity index (χ1v) is 21.8. The third-order valence-electron chi connectivity index (χ3n) is 10.7. The standard InChI is InChI=1S/C25H30N2O3.C17H26O3.C8H5ClN2/c1-25(2,3)19-13-11-18(12-14-19)22(30-23-10-6-7-15-28-23)16-29-24-20-8-4-5-9-21(20)26-17-27-24;1-17(2,3)14-9-7-13(8-10-14)15(12-18)20-16-6-4-5-11-19-16;9-8-6-3-1-2-4-7(6)10-5-11-8/h4-5,8-9,11-14,17,22-23H,6-7,10,15-16H2,1-3H3;7-10,15-16,18H,4-6,11-12H2,1-3H3;1-5H. The van der Waals surface area contributed by atoms with Crippen molar-refractivity contribution in [3.05, 3.63) is 137 Å². The lowest BCUT2D eigenvalue weighted by molar-refractivity contribution is -0.196. The summed E-state index contributed by atoms with van der Waals surface area (Å²) in [6.45, 7) is 15.1. The predicted molar refractivity (Wildman–Crippen MR) is 242 cm³/mol. The van der Waals surface area contributed by atoms with E-state index < -0.39 is 0 Å². The second-order valence-corrected chi connectivity index (χ2v) is 17.8. The third-order valence-corrected chi connectivity index (χ3v) is 11.0. The lowest BCUT2D eigenvalue weighted by atomic mass is 9.86. The molecule has 0 radical (unpaired) electrons. The molecule has 0 saturated carbocycles. The van der Waals surface area contributed by atoms with Gasteiger partial charge in [0.25, 0.3) is 0 Å². The van der Waals surface area contributed by atoms with Crippen molar-refractivity contribution in [1.82, 2.24) is 19.9 Å². The molecule has 6 aromatic rings. The number of para-hydroxylation sites is 2. The van der Waals surface area contributed by atoms with Gasteiger partial charge in [0.15, 0.2) is 12.6 Å². The van der Waals surface area contributed by atoms with Crippen molar-refractivity contribution < 1.29 is 28.8 Å². The Bertz CT molecular complexity index is 2220. The smallest absolute Gasteiger partial charge is 0.224 e. The lowest BCUT2D eigenvalue weighted by Gasteiger charge is -2.28. The van der Waals surface area contributed by atoms with Crippen LogP contribution in [0.2, 0.25) is 5.15 Å². The minimum atomic E-state index is -0.299. The maximum absolute atomic E-state index is 9.56. The van der Waals surface area contributed by atoms with Crippen molar-refractivity contribution in [2.24, 2.45) is 0 Å². The van der Waals surface area contributed by atoms with Gasteiger partial charge in [-0.3, -0.25) is 0 Å². The average Bonchev–Trinajstić information content (AvgIpc) is 3.28. The highest BCUT2D eigenvalue weighted by atomic mass is 35.5. The fourth-order valence-electron chi connectivity index (χ4n) is 7.06. The Morgan fingerprint density at radius 3 is 1.57 bits per heavy atom. The van der Waals surface area contributed by atoms with Crippen molar-refractivity contribution >= 4 is 33.4 Å². The quantitative estimate of drug-likeness (QED) is 0.133. The van der Waals surface area contributed by atoms with Gasteiger partial charge in [-0.05, 0) is 95.9 Å². The highest BCUT2D eigenvalue weighted by molar-refractivity contribution is 6.33. The Morgan fingerprint density at radius 2 is 1.08 bits per heavy atom. The topological polar surface area (TPSA) is 118 Å². The Kier molecular flexibility index (Phi) is 16.6. The summed E-state index contributed by atoms with van der Waals surface area (Å²) in [5.74, 6) is 0.574. The number of aromatic nitrogens is 4. The van der Waals surface area contributed by atoms with E-state index in [4.69, 9.17) is 35.3 Å². The SMILES string of the molecule is CC(C)(C)c1ccc(C(CO)OC2CCCCO2)cc1.CC(C)(C)c1ccc(C(COc2ncnc3ccccc23)OC2CCCCO2)cc1.Clc1ncnc2ccccc12. The second-order valence-electron chi connectivity index (χ2n) is 17.5. The van der Waals surface area contributed by atoms with Gasteiger partial charge in [0.05, 0.1) is 23.0 Å². The molecule has 8 rings (SSSR count). The molecule has 324 valence electrons. The van der Waals surface area contributed by atoms with Crippen LogP contribution in [-0.4, -0.2) is 64.1 Å². The highest BCUT2D eigenvalue weighted by Gasteiger charge is 2.24. The molecule has 2 aliphatic rings. The zero-order valence-electron chi connectivity index (χ0n) is 36.4. The number of hydrogen-bond acceptors (Lipinski definition) is 10. The molecule has 2 aliphatic heterocycles. The van der Waals surface area contributed by atoms with E-state index in [0.717, 1.165) is 84.7 Å². The molecule has 4 unspecified atom stereocenters. The Labute approximate surface area is 366 Å². The van der Waals surface area contributed by atoms with Gasteiger partial charge in [0, 0.05) is 18.6 Å². The summed E-state index contributed by atoms with van der Waals surface area (Å²) in [5.41, 5.74) is 6.66.